The van der Waals surface area contributed by atoms with Gasteiger partial charge in [0.2, 0.25) is 0 Å². The molecule has 0 saturated carbocycles. The van der Waals surface area contributed by atoms with Crippen LogP contribution in [0.15, 0.2) is 60.9 Å². The summed E-state index contributed by atoms with van der Waals surface area (Å²) in [6, 6.07) is 15.6. The molecule has 0 radical (unpaired) electrons. The Labute approximate surface area is 161 Å². The molecule has 4 rings (SSSR count). The van der Waals surface area contributed by atoms with Crippen molar-refractivity contribution in [3.8, 4) is 10.4 Å². The van der Waals surface area contributed by atoms with Crippen LogP contribution in [0.3, 0.4) is 0 Å². The van der Waals surface area contributed by atoms with E-state index in [-0.39, 0.29) is 6.03 Å². The fourth-order valence-electron chi connectivity index (χ4n) is 2.92. The number of benzene rings is 1. The first-order chi connectivity index (χ1) is 13.3. The van der Waals surface area contributed by atoms with E-state index >= 15 is 0 Å². The number of urea groups is 1. The number of amides is 2. The molecular weight excluding hydrogens is 360 g/mol. The van der Waals surface area contributed by atoms with Crippen LogP contribution in [0, 0.1) is 0 Å². The number of hydrazine groups is 1. The highest BCUT2D eigenvalue weighted by Gasteiger charge is 2.19. The maximum atomic E-state index is 12.3. The quantitative estimate of drug-likeness (QED) is 0.728. The van der Waals surface area contributed by atoms with Crippen LogP contribution in [-0.2, 0) is 0 Å². The van der Waals surface area contributed by atoms with E-state index in [1.807, 2.05) is 53.5 Å². The predicted molar refractivity (Wildman–Crippen MR) is 108 cm³/mol. The largest absolute Gasteiger partial charge is 0.354 e. The Kier molecular flexibility index (Phi) is 5.27. The van der Waals surface area contributed by atoms with Gasteiger partial charge in [0.25, 0.3) is 0 Å². The molecule has 1 saturated heterocycles. The summed E-state index contributed by atoms with van der Waals surface area (Å²) in [5.41, 5.74) is 3.98. The van der Waals surface area contributed by atoms with Crippen molar-refractivity contribution >= 4 is 28.3 Å². The minimum Gasteiger partial charge on any atom is -0.354 e. The Hall–Kier alpha value is -2.97. The van der Waals surface area contributed by atoms with E-state index in [9.17, 15) is 4.79 Å². The molecule has 8 heteroatoms. The lowest BCUT2D eigenvalue weighted by atomic mass is 10.2. The Balaban J connectivity index is 1.27. The molecule has 0 bridgehead atoms. The van der Waals surface area contributed by atoms with Gasteiger partial charge in [-0.1, -0.05) is 47.7 Å². The first-order valence-electron chi connectivity index (χ1n) is 8.78. The number of anilines is 2. The van der Waals surface area contributed by atoms with E-state index in [4.69, 9.17) is 0 Å². The van der Waals surface area contributed by atoms with Crippen molar-refractivity contribution in [3.05, 3.63) is 60.9 Å². The summed E-state index contributed by atoms with van der Waals surface area (Å²) in [6.45, 7) is 3.09. The topological polar surface area (TPSA) is 73.4 Å². The average molecular weight is 380 g/mol. The van der Waals surface area contributed by atoms with E-state index in [0.29, 0.717) is 5.13 Å². The highest BCUT2D eigenvalue weighted by atomic mass is 32.1. The maximum absolute atomic E-state index is 12.3. The van der Waals surface area contributed by atoms with E-state index in [2.05, 4.69) is 25.6 Å². The molecule has 1 aromatic carbocycles. The van der Waals surface area contributed by atoms with Crippen molar-refractivity contribution in [3.63, 3.8) is 0 Å². The predicted octanol–water partition coefficient (Wildman–Crippen LogP) is 3.06. The molecule has 7 nitrogen and oxygen atoms in total. The number of hydrogen-bond donors (Lipinski definition) is 2. The van der Waals surface area contributed by atoms with Crippen LogP contribution in [0.4, 0.5) is 15.7 Å². The Bertz CT molecular complexity index is 877. The first kappa shape index (κ1) is 17.4. The van der Waals surface area contributed by atoms with Gasteiger partial charge in [-0.2, -0.15) is 0 Å². The molecule has 0 atom stereocenters. The molecule has 0 spiro atoms. The number of carbonyl (C=O) groups excluding carboxylic acids is 1. The van der Waals surface area contributed by atoms with E-state index in [1.165, 1.54) is 11.3 Å². The average Bonchev–Trinajstić information content (AvgIpc) is 3.18. The highest BCUT2D eigenvalue weighted by molar-refractivity contribution is 7.19. The molecule has 2 aromatic heterocycles. The number of hydrogen-bond acceptors (Lipinski definition) is 6. The third-order valence-electron chi connectivity index (χ3n) is 4.30. The summed E-state index contributed by atoms with van der Waals surface area (Å²) < 4.78 is 0. The lowest BCUT2D eigenvalue weighted by molar-refractivity contribution is 0.178. The number of carbonyl (C=O) groups is 1. The minimum absolute atomic E-state index is 0.268. The van der Waals surface area contributed by atoms with Gasteiger partial charge in [-0.25, -0.2) is 19.8 Å². The van der Waals surface area contributed by atoms with Crippen LogP contribution in [0.2, 0.25) is 0 Å². The number of rotatable bonds is 4. The monoisotopic (exact) mass is 380 g/mol. The number of pyridine rings is 1. The summed E-state index contributed by atoms with van der Waals surface area (Å²) >= 11 is 1.46. The van der Waals surface area contributed by atoms with Crippen LogP contribution in [-0.4, -0.2) is 47.2 Å². The third-order valence-corrected chi connectivity index (χ3v) is 5.26. The van der Waals surface area contributed by atoms with E-state index < -0.39 is 0 Å². The Morgan fingerprint density at radius 1 is 0.963 bits per heavy atom. The normalized spacial score (nSPS) is 14.7. The second kappa shape index (κ2) is 8.15. The second-order valence-electron chi connectivity index (χ2n) is 6.12. The van der Waals surface area contributed by atoms with Gasteiger partial charge >= 0.3 is 6.03 Å². The van der Waals surface area contributed by atoms with Crippen LogP contribution < -0.4 is 15.6 Å². The molecule has 0 aliphatic carbocycles. The number of thiazole rings is 1. The van der Waals surface area contributed by atoms with Crippen molar-refractivity contribution in [2.75, 3.05) is 36.4 Å². The lowest BCUT2D eigenvalue weighted by Crippen LogP contribution is -2.54. The Morgan fingerprint density at radius 2 is 1.74 bits per heavy atom. The molecule has 0 unspecified atom stereocenters. The fraction of sp³-hybridized carbons (Fsp3) is 0.211. The van der Waals surface area contributed by atoms with Crippen LogP contribution in [0.5, 0.6) is 0 Å². The van der Waals surface area contributed by atoms with Gasteiger partial charge in [0.15, 0.2) is 5.13 Å². The van der Waals surface area contributed by atoms with Gasteiger partial charge in [0, 0.05) is 38.6 Å². The smallest absolute Gasteiger partial charge is 0.335 e. The molecule has 138 valence electrons. The Morgan fingerprint density at radius 3 is 2.48 bits per heavy atom. The number of aromatic nitrogens is 2. The number of piperazine rings is 1. The molecule has 1 aliphatic rings. The van der Waals surface area contributed by atoms with E-state index in [1.54, 1.807) is 12.4 Å². The van der Waals surface area contributed by atoms with Gasteiger partial charge in [-0.05, 0) is 17.7 Å². The van der Waals surface area contributed by atoms with Crippen molar-refractivity contribution in [2.24, 2.45) is 0 Å². The SMILES string of the molecule is O=C(Nc1ncc(-c2ccccc2)s1)NN1CCN(c2ccccn2)CC1. The molecule has 3 heterocycles. The van der Waals surface area contributed by atoms with Gasteiger partial charge in [0.1, 0.15) is 5.82 Å². The summed E-state index contributed by atoms with van der Waals surface area (Å²) in [4.78, 5) is 24.2. The van der Waals surface area contributed by atoms with Crippen molar-refractivity contribution in [2.45, 2.75) is 0 Å². The summed E-state index contributed by atoms with van der Waals surface area (Å²) in [5, 5.41) is 5.31. The zero-order valence-corrected chi connectivity index (χ0v) is 15.5. The fourth-order valence-corrected chi connectivity index (χ4v) is 3.74. The molecule has 3 aromatic rings. The first-order valence-corrected chi connectivity index (χ1v) is 9.59. The molecule has 2 amide bonds. The van der Waals surface area contributed by atoms with Crippen molar-refractivity contribution in [1.82, 2.24) is 20.4 Å². The van der Waals surface area contributed by atoms with Crippen LogP contribution in [0.1, 0.15) is 0 Å². The minimum atomic E-state index is -0.268. The summed E-state index contributed by atoms with van der Waals surface area (Å²) in [7, 11) is 0. The summed E-state index contributed by atoms with van der Waals surface area (Å²) in [5.74, 6) is 0.970. The van der Waals surface area contributed by atoms with Crippen molar-refractivity contribution in [1.29, 1.82) is 0 Å². The molecular formula is C19H20N6OS. The maximum Gasteiger partial charge on any atom is 0.335 e. The standard InChI is InChI=1S/C19H20N6OS/c26-18(22-19-21-14-16(27-19)15-6-2-1-3-7-15)23-25-12-10-24(11-13-25)17-8-4-5-9-20-17/h1-9,14H,10-13H2,(H2,21,22,23,26). The number of nitrogens with zero attached hydrogens (tertiary/aromatic N) is 4. The molecule has 1 fully saturated rings. The third kappa shape index (κ3) is 4.42. The zero-order valence-electron chi connectivity index (χ0n) is 14.7. The summed E-state index contributed by atoms with van der Waals surface area (Å²) in [6.07, 6.45) is 3.58. The number of nitrogens with one attached hydrogen (secondary N) is 2. The lowest BCUT2D eigenvalue weighted by Gasteiger charge is -2.35. The highest BCUT2D eigenvalue weighted by Crippen LogP contribution is 2.28. The van der Waals surface area contributed by atoms with Gasteiger partial charge < -0.3 is 4.90 Å². The van der Waals surface area contributed by atoms with Gasteiger partial charge in [-0.3, -0.25) is 10.7 Å². The van der Waals surface area contributed by atoms with Crippen LogP contribution in [0.25, 0.3) is 10.4 Å². The van der Waals surface area contributed by atoms with E-state index in [0.717, 1.165) is 42.4 Å². The zero-order chi connectivity index (χ0) is 18.5. The van der Waals surface area contributed by atoms with Crippen LogP contribution >= 0.6 is 11.3 Å². The molecule has 1 aliphatic heterocycles. The van der Waals surface area contributed by atoms with Crippen molar-refractivity contribution < 1.29 is 4.79 Å². The molecule has 2 N–H and O–H groups in total. The van der Waals surface area contributed by atoms with Gasteiger partial charge in [0.05, 0.1) is 4.88 Å². The second-order valence-corrected chi connectivity index (χ2v) is 7.15. The van der Waals surface area contributed by atoms with Gasteiger partial charge in [-0.15, -0.1) is 0 Å². The molecule has 27 heavy (non-hydrogen) atoms.